The molecule has 0 bridgehead atoms. The molecule has 0 aliphatic rings. The van der Waals surface area contributed by atoms with Crippen molar-refractivity contribution >= 4 is 11.9 Å². The third-order valence-electron chi connectivity index (χ3n) is 17.0. The van der Waals surface area contributed by atoms with Gasteiger partial charge in [0.1, 0.15) is 0 Å². The summed E-state index contributed by atoms with van der Waals surface area (Å²) in [6.45, 7) is 4.92. The first-order chi connectivity index (χ1) is 39.0. The molecule has 0 spiro atoms. The van der Waals surface area contributed by atoms with Gasteiger partial charge in [0.05, 0.1) is 25.4 Å². The highest BCUT2D eigenvalue weighted by molar-refractivity contribution is 5.76. The van der Waals surface area contributed by atoms with Crippen LogP contribution in [0.25, 0.3) is 0 Å². The average molecular weight is 1110 g/mol. The van der Waals surface area contributed by atoms with Crippen LogP contribution in [0.2, 0.25) is 0 Å². The lowest BCUT2D eigenvalue weighted by molar-refractivity contribution is -0.143. The van der Waals surface area contributed by atoms with Crippen LogP contribution < -0.4 is 5.32 Å². The maximum atomic E-state index is 12.4. The van der Waals surface area contributed by atoms with E-state index in [2.05, 4.69) is 31.3 Å². The first kappa shape index (κ1) is 77.3. The first-order valence-corrected chi connectivity index (χ1v) is 36.1. The summed E-state index contributed by atoms with van der Waals surface area (Å²) in [7, 11) is 0. The minimum absolute atomic E-state index is 0.0246. The molecular formula is C73H141NO5. The third kappa shape index (κ3) is 65.4. The molecule has 0 saturated heterocycles. The highest BCUT2D eigenvalue weighted by atomic mass is 16.5. The molecule has 0 radical (unpaired) electrons. The monoisotopic (exact) mass is 1110 g/mol. The van der Waals surface area contributed by atoms with Gasteiger partial charge < -0.3 is 20.3 Å². The van der Waals surface area contributed by atoms with Gasteiger partial charge in [0.15, 0.2) is 0 Å². The fraction of sp³-hybridized carbons (Fsp3) is 0.918. The van der Waals surface area contributed by atoms with Crippen LogP contribution in [0.5, 0.6) is 0 Å². The summed E-state index contributed by atoms with van der Waals surface area (Å²) in [6.07, 6.45) is 87.2. The van der Waals surface area contributed by atoms with Gasteiger partial charge in [0.25, 0.3) is 0 Å². The molecule has 0 aromatic rings. The van der Waals surface area contributed by atoms with E-state index in [0.717, 1.165) is 38.5 Å². The van der Waals surface area contributed by atoms with Crippen LogP contribution in [0, 0.1) is 0 Å². The normalized spacial score (nSPS) is 12.6. The number of hydrogen-bond donors (Lipinski definition) is 3. The average Bonchev–Trinajstić information content (AvgIpc) is 3.45. The van der Waals surface area contributed by atoms with Crippen molar-refractivity contribution in [3.05, 3.63) is 24.3 Å². The Hall–Kier alpha value is -1.66. The lowest BCUT2D eigenvalue weighted by Crippen LogP contribution is -2.45. The van der Waals surface area contributed by atoms with E-state index in [0.29, 0.717) is 19.4 Å². The van der Waals surface area contributed by atoms with Gasteiger partial charge in [-0.25, -0.2) is 0 Å². The van der Waals surface area contributed by atoms with Crippen molar-refractivity contribution in [1.29, 1.82) is 0 Å². The van der Waals surface area contributed by atoms with Gasteiger partial charge in [-0.2, -0.15) is 0 Å². The lowest BCUT2D eigenvalue weighted by atomic mass is 10.0. The first-order valence-electron chi connectivity index (χ1n) is 36.1. The Kier molecular flexibility index (Phi) is 67.4. The molecule has 2 atom stereocenters. The number of amides is 1. The molecule has 2 unspecified atom stereocenters. The molecule has 79 heavy (non-hydrogen) atoms. The van der Waals surface area contributed by atoms with E-state index >= 15 is 0 Å². The fourth-order valence-corrected chi connectivity index (χ4v) is 11.5. The van der Waals surface area contributed by atoms with Gasteiger partial charge in [0, 0.05) is 12.8 Å². The van der Waals surface area contributed by atoms with Gasteiger partial charge in [0.2, 0.25) is 5.91 Å². The highest BCUT2D eigenvalue weighted by Gasteiger charge is 2.18. The molecule has 0 saturated carbocycles. The zero-order chi connectivity index (χ0) is 57.1. The second-order valence-electron chi connectivity index (χ2n) is 24.9. The number of allylic oxidation sites excluding steroid dienone is 3. The Morgan fingerprint density at radius 2 is 0.595 bits per heavy atom. The summed E-state index contributed by atoms with van der Waals surface area (Å²) < 4.78 is 5.51. The van der Waals surface area contributed by atoms with Crippen LogP contribution in [0.3, 0.4) is 0 Å². The van der Waals surface area contributed by atoms with Gasteiger partial charge in [-0.15, -0.1) is 0 Å². The van der Waals surface area contributed by atoms with Gasteiger partial charge in [-0.1, -0.05) is 359 Å². The lowest BCUT2D eigenvalue weighted by Gasteiger charge is -2.20. The van der Waals surface area contributed by atoms with E-state index in [1.807, 2.05) is 6.08 Å². The molecule has 1 amide bonds. The van der Waals surface area contributed by atoms with Crippen LogP contribution in [0.4, 0.5) is 0 Å². The van der Waals surface area contributed by atoms with E-state index in [-0.39, 0.29) is 18.5 Å². The number of carbonyl (C=O) groups is 2. The van der Waals surface area contributed by atoms with Crippen molar-refractivity contribution in [3.8, 4) is 0 Å². The molecule has 0 aromatic carbocycles. The van der Waals surface area contributed by atoms with Crippen molar-refractivity contribution < 1.29 is 24.5 Å². The Morgan fingerprint density at radius 1 is 0.342 bits per heavy atom. The molecule has 0 aliphatic carbocycles. The number of unbranched alkanes of at least 4 members (excludes halogenated alkanes) is 55. The van der Waals surface area contributed by atoms with Crippen molar-refractivity contribution in [1.82, 2.24) is 5.32 Å². The van der Waals surface area contributed by atoms with Crippen LogP contribution >= 0.6 is 0 Å². The number of rotatable bonds is 68. The molecule has 3 N–H and O–H groups in total. The zero-order valence-electron chi connectivity index (χ0n) is 53.6. The molecule has 0 heterocycles. The summed E-state index contributed by atoms with van der Waals surface area (Å²) in [5, 5.41) is 23.0. The Labute approximate surface area is 494 Å². The zero-order valence-corrected chi connectivity index (χ0v) is 53.6. The summed E-state index contributed by atoms with van der Waals surface area (Å²) in [5.41, 5.74) is 0. The van der Waals surface area contributed by atoms with Gasteiger partial charge in [-0.05, 0) is 57.8 Å². The molecule has 468 valence electrons. The third-order valence-corrected chi connectivity index (χ3v) is 17.0. The second-order valence-corrected chi connectivity index (χ2v) is 24.9. The smallest absolute Gasteiger partial charge is 0.305 e. The molecular weight excluding hydrogens is 971 g/mol. The number of carbonyl (C=O) groups excluding carboxylic acids is 2. The minimum atomic E-state index is -0.839. The van der Waals surface area contributed by atoms with E-state index in [9.17, 15) is 19.8 Å². The minimum Gasteiger partial charge on any atom is -0.466 e. The predicted molar refractivity (Wildman–Crippen MR) is 347 cm³/mol. The summed E-state index contributed by atoms with van der Waals surface area (Å²) in [5.74, 6) is -0.0401. The van der Waals surface area contributed by atoms with Crippen LogP contribution in [-0.2, 0) is 14.3 Å². The Morgan fingerprint density at radius 3 is 0.899 bits per heavy atom. The molecule has 6 nitrogen and oxygen atoms in total. The van der Waals surface area contributed by atoms with Crippen LogP contribution in [-0.4, -0.2) is 47.4 Å². The Bertz CT molecular complexity index is 1230. The van der Waals surface area contributed by atoms with Gasteiger partial charge >= 0.3 is 5.97 Å². The number of esters is 1. The number of hydrogen-bond acceptors (Lipinski definition) is 5. The van der Waals surface area contributed by atoms with E-state index < -0.39 is 12.1 Å². The standard InChI is InChI=1S/C73H141NO5/c1-3-5-7-9-11-13-15-16-17-37-41-44-47-51-55-59-63-67-73(78)79-68-64-60-56-52-48-45-42-39-36-34-32-30-28-26-24-22-20-18-19-21-23-25-27-29-31-33-35-38-40-43-46-50-54-58-62-66-72(77)74-70(69-75)71(76)65-61-57-53-49-14-12-10-8-6-4-2/h20,22,61,65,70-71,75-76H,3-19,21,23-60,62-64,66-69H2,1-2H3,(H,74,77)/b22-20-,65-61+. The largest absolute Gasteiger partial charge is 0.466 e. The quantitative estimate of drug-likeness (QED) is 0.0320. The molecule has 0 rings (SSSR count). The molecule has 0 aliphatic heterocycles. The highest BCUT2D eigenvalue weighted by Crippen LogP contribution is 2.19. The van der Waals surface area contributed by atoms with Crippen LogP contribution in [0.1, 0.15) is 406 Å². The fourth-order valence-electron chi connectivity index (χ4n) is 11.5. The van der Waals surface area contributed by atoms with Crippen LogP contribution in [0.15, 0.2) is 24.3 Å². The summed E-state index contributed by atoms with van der Waals surface area (Å²) in [6, 6.07) is -0.623. The van der Waals surface area contributed by atoms with Crippen molar-refractivity contribution in [2.75, 3.05) is 13.2 Å². The number of ether oxygens (including phenoxy) is 1. The van der Waals surface area contributed by atoms with Crippen molar-refractivity contribution in [2.24, 2.45) is 0 Å². The van der Waals surface area contributed by atoms with Gasteiger partial charge in [-0.3, -0.25) is 9.59 Å². The number of aliphatic hydroxyl groups excluding tert-OH is 2. The predicted octanol–water partition coefficient (Wildman–Crippen LogP) is 23.3. The molecule has 0 aromatic heterocycles. The summed E-state index contributed by atoms with van der Waals surface area (Å²) >= 11 is 0. The maximum Gasteiger partial charge on any atom is 0.305 e. The Balaban J connectivity index is 3.31. The summed E-state index contributed by atoms with van der Waals surface area (Å²) in [4.78, 5) is 24.5. The second kappa shape index (κ2) is 68.8. The van der Waals surface area contributed by atoms with E-state index in [1.165, 1.54) is 340 Å². The SMILES string of the molecule is CCCCCCCCCC/C=C/C(O)C(CO)NC(=O)CCCCCCCCCCCCCCCCCCC/C=C\CCCCCCCCCCCCCCCCOC(=O)CCCCCCCCCCCCCCCCCCC. The van der Waals surface area contributed by atoms with Crippen molar-refractivity contribution in [2.45, 2.75) is 418 Å². The number of aliphatic hydroxyl groups is 2. The molecule has 0 fully saturated rings. The number of nitrogens with one attached hydrogen (secondary N) is 1. The van der Waals surface area contributed by atoms with E-state index in [4.69, 9.17) is 4.74 Å². The maximum absolute atomic E-state index is 12.4. The molecule has 6 heteroatoms. The topological polar surface area (TPSA) is 95.9 Å². The van der Waals surface area contributed by atoms with Crippen molar-refractivity contribution in [3.63, 3.8) is 0 Å². The van der Waals surface area contributed by atoms with E-state index in [1.54, 1.807) is 6.08 Å².